The van der Waals surface area contributed by atoms with Crippen LogP contribution in [0.3, 0.4) is 0 Å². The number of rotatable bonds is 6. The van der Waals surface area contributed by atoms with Crippen LogP contribution in [0.25, 0.3) is 5.76 Å². The average Bonchev–Trinajstić information content (AvgIpc) is 3.37. The molecule has 1 unspecified atom stereocenters. The van der Waals surface area contributed by atoms with Crippen LogP contribution in [0.5, 0.6) is 0 Å². The summed E-state index contributed by atoms with van der Waals surface area (Å²) in [7, 11) is 0. The minimum Gasteiger partial charge on any atom is -0.507 e. The highest BCUT2D eigenvalue weighted by Gasteiger charge is 2.45. The van der Waals surface area contributed by atoms with Gasteiger partial charge in [0.25, 0.3) is 11.7 Å². The van der Waals surface area contributed by atoms with E-state index in [9.17, 15) is 14.7 Å². The third-order valence-corrected chi connectivity index (χ3v) is 4.96. The Bertz CT molecular complexity index is 1030. The molecule has 3 heterocycles. The summed E-state index contributed by atoms with van der Waals surface area (Å²) >= 11 is 0. The number of likely N-dealkylation sites (tertiary alicyclic amines) is 1. The van der Waals surface area contributed by atoms with Crippen molar-refractivity contribution in [2.75, 3.05) is 6.54 Å². The number of aromatic nitrogens is 3. The molecule has 1 aliphatic heterocycles. The largest absolute Gasteiger partial charge is 0.507 e. The number of Topliss-reactive ketones (excluding diaryl/α,β-unsaturated/α-hetero) is 1. The summed E-state index contributed by atoms with van der Waals surface area (Å²) in [5.41, 5.74) is 1.28. The number of hydrogen-bond acceptors (Lipinski definition) is 5. The smallest absolute Gasteiger partial charge is 0.295 e. The van der Waals surface area contributed by atoms with Crippen LogP contribution >= 0.6 is 0 Å². The van der Waals surface area contributed by atoms with Crippen molar-refractivity contribution in [2.45, 2.75) is 19.0 Å². The molecule has 1 aromatic carbocycles. The fourth-order valence-electron chi connectivity index (χ4n) is 3.59. The van der Waals surface area contributed by atoms with E-state index in [0.717, 1.165) is 0 Å². The lowest BCUT2D eigenvalue weighted by atomic mass is 9.96. The number of aryl methyl sites for hydroxylation is 1. The molecule has 146 valence electrons. The molecule has 0 spiro atoms. The van der Waals surface area contributed by atoms with Crippen LogP contribution in [0.4, 0.5) is 0 Å². The zero-order chi connectivity index (χ0) is 20.2. The van der Waals surface area contributed by atoms with Crippen molar-refractivity contribution in [1.82, 2.24) is 19.4 Å². The number of carbonyl (C=O) groups is 2. The zero-order valence-corrected chi connectivity index (χ0v) is 15.7. The second-order valence-electron chi connectivity index (χ2n) is 6.80. The molecule has 1 amide bonds. The Balaban J connectivity index is 1.70. The van der Waals surface area contributed by atoms with Gasteiger partial charge >= 0.3 is 0 Å². The topological polar surface area (TPSA) is 88.3 Å². The van der Waals surface area contributed by atoms with Gasteiger partial charge in [-0.2, -0.15) is 0 Å². The van der Waals surface area contributed by atoms with E-state index in [-0.39, 0.29) is 11.3 Å². The van der Waals surface area contributed by atoms with Gasteiger partial charge in [0.15, 0.2) is 0 Å². The highest BCUT2D eigenvalue weighted by atomic mass is 16.3. The van der Waals surface area contributed by atoms with Crippen LogP contribution in [0.2, 0.25) is 0 Å². The first-order valence-corrected chi connectivity index (χ1v) is 9.36. The van der Waals surface area contributed by atoms with Gasteiger partial charge in [0.1, 0.15) is 5.76 Å². The first kappa shape index (κ1) is 18.6. The molecule has 1 atom stereocenters. The van der Waals surface area contributed by atoms with E-state index >= 15 is 0 Å². The van der Waals surface area contributed by atoms with E-state index in [1.807, 2.05) is 22.9 Å². The number of amides is 1. The van der Waals surface area contributed by atoms with Gasteiger partial charge in [-0.3, -0.25) is 14.6 Å². The molecule has 2 aromatic heterocycles. The summed E-state index contributed by atoms with van der Waals surface area (Å²) in [6.45, 7) is 1.04. The molecule has 0 radical (unpaired) electrons. The third-order valence-electron chi connectivity index (χ3n) is 4.96. The summed E-state index contributed by atoms with van der Waals surface area (Å²) in [6, 6.07) is 11.7. The lowest BCUT2D eigenvalue weighted by Crippen LogP contribution is -2.31. The fourth-order valence-corrected chi connectivity index (χ4v) is 3.59. The number of pyridine rings is 1. The number of benzene rings is 1. The fraction of sp³-hybridized carbons (Fsp3) is 0.182. The van der Waals surface area contributed by atoms with Crippen LogP contribution < -0.4 is 0 Å². The normalized spacial score (nSPS) is 18.3. The maximum Gasteiger partial charge on any atom is 0.295 e. The second-order valence-corrected chi connectivity index (χ2v) is 6.80. The van der Waals surface area contributed by atoms with E-state index in [4.69, 9.17) is 0 Å². The van der Waals surface area contributed by atoms with Crippen LogP contribution in [-0.4, -0.2) is 42.8 Å². The number of carbonyl (C=O) groups excluding carboxylic acids is 2. The molecule has 0 bridgehead atoms. The van der Waals surface area contributed by atoms with E-state index in [0.29, 0.717) is 30.6 Å². The maximum atomic E-state index is 12.9. The Morgan fingerprint density at radius 1 is 1.00 bits per heavy atom. The van der Waals surface area contributed by atoms with Crippen LogP contribution in [0, 0.1) is 0 Å². The summed E-state index contributed by atoms with van der Waals surface area (Å²) in [5, 5.41) is 10.9. The quantitative estimate of drug-likeness (QED) is 0.399. The Morgan fingerprint density at radius 2 is 1.83 bits per heavy atom. The van der Waals surface area contributed by atoms with Gasteiger partial charge < -0.3 is 14.6 Å². The number of aliphatic hydroxyl groups excluding tert-OH is 1. The van der Waals surface area contributed by atoms with E-state index in [2.05, 4.69) is 9.97 Å². The van der Waals surface area contributed by atoms with Gasteiger partial charge in [-0.25, -0.2) is 4.98 Å². The second kappa shape index (κ2) is 8.10. The first-order valence-electron chi connectivity index (χ1n) is 9.36. The maximum absolute atomic E-state index is 12.9. The number of aliphatic hydroxyl groups is 1. The molecular weight excluding hydrogens is 368 g/mol. The van der Waals surface area contributed by atoms with Crippen molar-refractivity contribution in [3.05, 3.63) is 90.3 Å². The zero-order valence-electron chi connectivity index (χ0n) is 15.7. The molecule has 1 aliphatic rings. The minimum atomic E-state index is -0.678. The van der Waals surface area contributed by atoms with Crippen LogP contribution in [-0.2, 0) is 16.1 Å². The molecular formula is C22H20N4O3. The molecule has 1 saturated heterocycles. The molecule has 29 heavy (non-hydrogen) atoms. The van der Waals surface area contributed by atoms with Crippen molar-refractivity contribution in [1.29, 1.82) is 0 Å². The molecule has 3 aromatic rings. The highest BCUT2D eigenvalue weighted by Crippen LogP contribution is 2.39. The molecule has 1 fully saturated rings. The van der Waals surface area contributed by atoms with Crippen LogP contribution in [0.1, 0.15) is 23.6 Å². The van der Waals surface area contributed by atoms with Gasteiger partial charge in [-0.1, -0.05) is 36.4 Å². The molecule has 1 N–H and O–H groups in total. The van der Waals surface area contributed by atoms with Gasteiger partial charge in [-0.15, -0.1) is 0 Å². The lowest BCUT2D eigenvalue weighted by Gasteiger charge is -2.25. The van der Waals surface area contributed by atoms with Gasteiger partial charge in [0.05, 0.1) is 17.9 Å². The summed E-state index contributed by atoms with van der Waals surface area (Å²) in [5.74, 6) is -1.46. The summed E-state index contributed by atoms with van der Waals surface area (Å²) in [6.07, 6.45) is 9.15. The first-order chi connectivity index (χ1) is 14.2. The van der Waals surface area contributed by atoms with Gasteiger partial charge in [-0.05, 0) is 18.1 Å². The molecule has 0 saturated carbocycles. The van der Waals surface area contributed by atoms with Gasteiger partial charge in [0, 0.05) is 43.4 Å². The van der Waals surface area contributed by atoms with Crippen molar-refractivity contribution < 1.29 is 14.7 Å². The number of ketones is 1. The molecule has 7 nitrogen and oxygen atoms in total. The van der Waals surface area contributed by atoms with Gasteiger partial charge in [0.2, 0.25) is 0 Å². The molecule has 4 rings (SSSR count). The van der Waals surface area contributed by atoms with E-state index in [1.54, 1.807) is 55.2 Å². The Morgan fingerprint density at radius 3 is 2.52 bits per heavy atom. The van der Waals surface area contributed by atoms with Crippen molar-refractivity contribution >= 4 is 17.4 Å². The highest BCUT2D eigenvalue weighted by molar-refractivity contribution is 6.46. The molecule has 0 aliphatic carbocycles. The average molecular weight is 388 g/mol. The monoisotopic (exact) mass is 388 g/mol. The molecule has 7 heteroatoms. The minimum absolute atomic E-state index is 0.0943. The standard InChI is InChI=1S/C22H20N4O3/c27-20(16-6-2-1-3-7-16)18-19(17-8-4-9-23-14-17)26(22(29)21(18)28)12-5-11-25-13-10-24-15-25/h1-4,6-10,13-15,19,27H,5,11-12H2. The van der Waals surface area contributed by atoms with Crippen molar-refractivity contribution in [3.63, 3.8) is 0 Å². The van der Waals surface area contributed by atoms with E-state index < -0.39 is 17.7 Å². The predicted octanol–water partition coefficient (Wildman–Crippen LogP) is 2.79. The third kappa shape index (κ3) is 3.67. The summed E-state index contributed by atoms with van der Waals surface area (Å²) in [4.78, 5) is 35.3. The predicted molar refractivity (Wildman–Crippen MR) is 107 cm³/mol. The number of hydrogen-bond donors (Lipinski definition) is 1. The Labute approximate surface area is 168 Å². The summed E-state index contributed by atoms with van der Waals surface area (Å²) < 4.78 is 1.92. The van der Waals surface area contributed by atoms with E-state index in [1.165, 1.54) is 4.90 Å². The van der Waals surface area contributed by atoms with Crippen molar-refractivity contribution in [2.24, 2.45) is 0 Å². The van der Waals surface area contributed by atoms with Crippen LogP contribution in [0.15, 0.2) is 79.2 Å². The Hall–Kier alpha value is -3.74. The van der Waals surface area contributed by atoms with Crippen molar-refractivity contribution in [3.8, 4) is 0 Å². The number of nitrogens with zero attached hydrogens (tertiary/aromatic N) is 4. The lowest BCUT2D eigenvalue weighted by molar-refractivity contribution is -0.139. The Kier molecular flexibility index (Phi) is 5.20. The number of imidazole rings is 1. The SMILES string of the molecule is O=C1C(=O)N(CCCn2ccnc2)C(c2cccnc2)C1=C(O)c1ccccc1.